The summed E-state index contributed by atoms with van der Waals surface area (Å²) in [6.45, 7) is 2.14. The maximum absolute atomic E-state index is 2.40. The van der Waals surface area contributed by atoms with E-state index in [-0.39, 0.29) is 0 Å². The molecule has 0 aromatic heterocycles. The van der Waals surface area contributed by atoms with Gasteiger partial charge in [-0.1, -0.05) is 139 Å². The number of anilines is 3. The van der Waals surface area contributed by atoms with Crippen LogP contribution in [0.1, 0.15) is 5.56 Å². The largest absolute Gasteiger partial charge is 0.310 e. The lowest BCUT2D eigenvalue weighted by atomic mass is 9.95. The van der Waals surface area contributed by atoms with Crippen LogP contribution in [-0.2, 0) is 0 Å². The number of rotatable bonds is 7. The summed E-state index contributed by atoms with van der Waals surface area (Å²) in [5, 5.41) is 0. The number of hydrogen-bond acceptors (Lipinski definition) is 1. The molecule has 7 aromatic rings. The van der Waals surface area contributed by atoms with Gasteiger partial charge in [0, 0.05) is 17.1 Å². The Balaban J connectivity index is 1.50. The highest BCUT2D eigenvalue weighted by Gasteiger charge is 2.18. The van der Waals surface area contributed by atoms with E-state index in [0.717, 1.165) is 17.1 Å². The molecule has 7 rings (SSSR count). The van der Waals surface area contributed by atoms with E-state index >= 15 is 0 Å². The van der Waals surface area contributed by atoms with Crippen molar-refractivity contribution < 1.29 is 0 Å². The van der Waals surface area contributed by atoms with E-state index in [2.05, 4.69) is 194 Å². The first kappa shape index (κ1) is 27.2. The molecular formula is C43H33N. The van der Waals surface area contributed by atoms with Crippen molar-refractivity contribution in [3.05, 3.63) is 188 Å². The lowest BCUT2D eigenvalue weighted by Gasteiger charge is -2.28. The summed E-state index contributed by atoms with van der Waals surface area (Å²) in [6, 6.07) is 65.4. The molecule has 0 unspecified atom stereocenters. The number of nitrogens with zero attached hydrogens (tertiary/aromatic N) is 1. The van der Waals surface area contributed by atoms with Crippen molar-refractivity contribution in [2.24, 2.45) is 0 Å². The van der Waals surface area contributed by atoms with Gasteiger partial charge in [0.1, 0.15) is 0 Å². The smallest absolute Gasteiger partial charge is 0.0473 e. The standard InChI is InChI=1S/C43H33N/c1-32-22-24-41(25-23-32)44(42-28-37(33-14-6-2-7-15-33)26-38(29-42)34-16-8-3-9-17-34)43-30-39(35-18-10-4-11-19-35)27-40(31-43)36-20-12-5-13-21-36/h2-31H,1H3. The fraction of sp³-hybridized carbons (Fsp3) is 0.0233. The SMILES string of the molecule is Cc1ccc(N(c2cc(-c3ccccc3)cc(-c3ccccc3)c2)c2cc(-c3ccccc3)cc(-c3ccccc3)c2)cc1. The number of aryl methyl sites for hydroxylation is 1. The lowest BCUT2D eigenvalue weighted by molar-refractivity contribution is 1.27. The molecule has 0 aliphatic heterocycles. The molecule has 7 aromatic carbocycles. The molecule has 1 heteroatoms. The van der Waals surface area contributed by atoms with Crippen LogP contribution in [0.3, 0.4) is 0 Å². The Bertz CT molecular complexity index is 1740. The molecule has 0 heterocycles. The zero-order valence-corrected chi connectivity index (χ0v) is 24.8. The zero-order valence-electron chi connectivity index (χ0n) is 24.8. The highest BCUT2D eigenvalue weighted by Crippen LogP contribution is 2.42. The van der Waals surface area contributed by atoms with E-state index in [1.54, 1.807) is 0 Å². The second-order valence-corrected chi connectivity index (χ2v) is 11.2. The highest BCUT2D eigenvalue weighted by atomic mass is 15.1. The summed E-state index contributed by atoms with van der Waals surface area (Å²) >= 11 is 0. The Morgan fingerprint density at radius 3 is 0.864 bits per heavy atom. The van der Waals surface area contributed by atoms with Crippen molar-refractivity contribution in [2.75, 3.05) is 4.90 Å². The molecule has 1 nitrogen and oxygen atoms in total. The molecule has 0 bridgehead atoms. The summed E-state index contributed by atoms with van der Waals surface area (Å²) in [4.78, 5) is 2.40. The monoisotopic (exact) mass is 563 g/mol. The second kappa shape index (κ2) is 12.3. The fourth-order valence-electron chi connectivity index (χ4n) is 5.81. The van der Waals surface area contributed by atoms with Gasteiger partial charge in [0.2, 0.25) is 0 Å². The maximum Gasteiger partial charge on any atom is 0.0473 e. The van der Waals surface area contributed by atoms with Gasteiger partial charge in [-0.25, -0.2) is 0 Å². The molecule has 0 N–H and O–H groups in total. The minimum atomic E-state index is 1.11. The van der Waals surface area contributed by atoms with Crippen molar-refractivity contribution in [3.63, 3.8) is 0 Å². The fourth-order valence-corrected chi connectivity index (χ4v) is 5.81. The van der Waals surface area contributed by atoms with Gasteiger partial charge in [-0.3, -0.25) is 0 Å². The molecular weight excluding hydrogens is 530 g/mol. The third-order valence-corrected chi connectivity index (χ3v) is 8.07. The Morgan fingerprint density at radius 1 is 0.273 bits per heavy atom. The molecule has 0 atom stereocenters. The van der Waals surface area contributed by atoms with Gasteiger partial charge < -0.3 is 4.90 Å². The molecule has 0 radical (unpaired) electrons. The van der Waals surface area contributed by atoms with Gasteiger partial charge in [0.15, 0.2) is 0 Å². The van der Waals surface area contributed by atoms with Crippen LogP contribution < -0.4 is 4.90 Å². The van der Waals surface area contributed by atoms with Crippen molar-refractivity contribution in [3.8, 4) is 44.5 Å². The van der Waals surface area contributed by atoms with Crippen LogP contribution in [-0.4, -0.2) is 0 Å². The van der Waals surface area contributed by atoms with Crippen LogP contribution in [0.2, 0.25) is 0 Å². The normalized spacial score (nSPS) is 10.8. The van der Waals surface area contributed by atoms with Gasteiger partial charge in [-0.15, -0.1) is 0 Å². The first-order chi connectivity index (χ1) is 21.7. The Morgan fingerprint density at radius 2 is 0.568 bits per heavy atom. The van der Waals surface area contributed by atoms with Crippen LogP contribution in [0.25, 0.3) is 44.5 Å². The minimum Gasteiger partial charge on any atom is -0.310 e. The Hall–Kier alpha value is -5.66. The summed E-state index contributed by atoms with van der Waals surface area (Å²) in [6.07, 6.45) is 0. The molecule has 0 aliphatic carbocycles. The molecule has 0 amide bonds. The zero-order chi connectivity index (χ0) is 29.7. The molecule has 0 aliphatic rings. The predicted octanol–water partition coefficient (Wildman–Crippen LogP) is 12.1. The summed E-state index contributed by atoms with van der Waals surface area (Å²) in [5.74, 6) is 0. The number of benzene rings is 7. The van der Waals surface area contributed by atoms with Crippen LogP contribution in [0.4, 0.5) is 17.1 Å². The Kier molecular flexibility index (Phi) is 7.60. The van der Waals surface area contributed by atoms with E-state index in [9.17, 15) is 0 Å². The number of hydrogen-bond donors (Lipinski definition) is 0. The average Bonchev–Trinajstić information content (AvgIpc) is 3.10. The molecule has 0 fully saturated rings. The van der Waals surface area contributed by atoms with Gasteiger partial charge in [0.25, 0.3) is 0 Å². The van der Waals surface area contributed by atoms with Gasteiger partial charge in [-0.2, -0.15) is 0 Å². The third-order valence-electron chi connectivity index (χ3n) is 8.07. The first-order valence-corrected chi connectivity index (χ1v) is 15.1. The summed E-state index contributed by atoms with van der Waals surface area (Å²) in [5.41, 5.74) is 14.1. The Labute approximate surface area is 260 Å². The van der Waals surface area contributed by atoms with E-state index < -0.39 is 0 Å². The summed E-state index contributed by atoms with van der Waals surface area (Å²) in [7, 11) is 0. The van der Waals surface area contributed by atoms with E-state index in [1.807, 2.05) is 0 Å². The highest BCUT2D eigenvalue weighted by molar-refractivity contribution is 5.88. The van der Waals surface area contributed by atoms with Crippen molar-refractivity contribution in [1.29, 1.82) is 0 Å². The van der Waals surface area contributed by atoms with Gasteiger partial charge in [-0.05, 0) is 100.0 Å². The lowest BCUT2D eigenvalue weighted by Crippen LogP contribution is -2.11. The van der Waals surface area contributed by atoms with Crippen molar-refractivity contribution >= 4 is 17.1 Å². The van der Waals surface area contributed by atoms with Crippen LogP contribution in [0, 0.1) is 6.92 Å². The molecule has 210 valence electrons. The van der Waals surface area contributed by atoms with Crippen molar-refractivity contribution in [2.45, 2.75) is 6.92 Å². The second-order valence-electron chi connectivity index (χ2n) is 11.2. The topological polar surface area (TPSA) is 3.24 Å². The van der Waals surface area contributed by atoms with Crippen LogP contribution in [0.15, 0.2) is 182 Å². The predicted molar refractivity (Wildman–Crippen MR) is 188 cm³/mol. The molecule has 0 saturated heterocycles. The van der Waals surface area contributed by atoms with E-state index in [4.69, 9.17) is 0 Å². The van der Waals surface area contributed by atoms with Crippen molar-refractivity contribution in [1.82, 2.24) is 0 Å². The van der Waals surface area contributed by atoms with Crippen LogP contribution >= 0.6 is 0 Å². The maximum atomic E-state index is 2.40. The van der Waals surface area contributed by atoms with E-state index in [1.165, 1.54) is 50.1 Å². The van der Waals surface area contributed by atoms with Gasteiger partial charge >= 0.3 is 0 Å². The van der Waals surface area contributed by atoms with E-state index in [0.29, 0.717) is 0 Å². The molecule has 0 saturated carbocycles. The minimum absolute atomic E-state index is 1.11. The third kappa shape index (κ3) is 5.82. The summed E-state index contributed by atoms with van der Waals surface area (Å²) < 4.78 is 0. The molecule has 44 heavy (non-hydrogen) atoms. The van der Waals surface area contributed by atoms with Crippen LogP contribution in [0.5, 0.6) is 0 Å². The average molecular weight is 564 g/mol. The molecule has 0 spiro atoms. The van der Waals surface area contributed by atoms with Gasteiger partial charge in [0.05, 0.1) is 0 Å². The quantitative estimate of drug-likeness (QED) is 0.186. The first-order valence-electron chi connectivity index (χ1n) is 15.1.